The van der Waals surface area contributed by atoms with Gasteiger partial charge in [0.15, 0.2) is 0 Å². The number of nitrogens with zero attached hydrogens (tertiary/aromatic N) is 1. The summed E-state index contributed by atoms with van der Waals surface area (Å²) in [7, 11) is 0. The summed E-state index contributed by atoms with van der Waals surface area (Å²) in [6.07, 6.45) is 7.88. The first-order valence-corrected chi connectivity index (χ1v) is 7.46. The molecule has 0 unspecified atom stereocenters. The largest absolute Gasteiger partial charge is 0.384 e. The Morgan fingerprint density at radius 3 is 2.55 bits per heavy atom. The van der Waals surface area contributed by atoms with Gasteiger partial charge >= 0.3 is 0 Å². The highest BCUT2D eigenvalue weighted by Gasteiger charge is 2.10. The lowest BCUT2D eigenvalue weighted by Crippen LogP contribution is -2.32. The highest BCUT2D eigenvalue weighted by Crippen LogP contribution is 2.17. The Hall–Kier alpha value is -1.60. The summed E-state index contributed by atoms with van der Waals surface area (Å²) in [5, 5.41) is 15.5. The van der Waals surface area contributed by atoms with Crippen molar-refractivity contribution in [2.75, 3.05) is 18.4 Å². The molecule has 1 aliphatic carbocycles. The maximum absolute atomic E-state index is 13.3. The molecule has 0 radical (unpaired) electrons. The fourth-order valence-electron chi connectivity index (χ4n) is 2.72. The molecule has 0 amide bonds. The van der Waals surface area contributed by atoms with Gasteiger partial charge in [0, 0.05) is 24.8 Å². The Balaban J connectivity index is 1.73. The third-order valence-corrected chi connectivity index (χ3v) is 3.77. The maximum atomic E-state index is 13.3. The lowest BCUT2D eigenvalue weighted by molar-refractivity contribution is 0.468. The first-order valence-electron chi connectivity index (χ1n) is 7.46. The first kappa shape index (κ1) is 14.8. The van der Waals surface area contributed by atoms with Crippen molar-refractivity contribution in [1.29, 1.82) is 5.26 Å². The second-order valence-electron chi connectivity index (χ2n) is 5.41. The van der Waals surface area contributed by atoms with E-state index in [4.69, 9.17) is 5.26 Å². The molecule has 2 rings (SSSR count). The molecule has 1 saturated carbocycles. The van der Waals surface area contributed by atoms with Crippen LogP contribution in [0, 0.1) is 17.1 Å². The van der Waals surface area contributed by atoms with E-state index in [2.05, 4.69) is 10.6 Å². The zero-order valence-electron chi connectivity index (χ0n) is 11.8. The van der Waals surface area contributed by atoms with Crippen molar-refractivity contribution >= 4 is 5.69 Å². The number of hydrogen-bond acceptors (Lipinski definition) is 3. The van der Waals surface area contributed by atoms with Gasteiger partial charge in [0.25, 0.3) is 0 Å². The fraction of sp³-hybridized carbons (Fsp3) is 0.562. The number of benzene rings is 1. The summed E-state index contributed by atoms with van der Waals surface area (Å²) in [4.78, 5) is 0. The number of nitrogens with one attached hydrogen (secondary N) is 2. The van der Waals surface area contributed by atoms with Gasteiger partial charge in [-0.3, -0.25) is 0 Å². The maximum Gasteiger partial charge on any atom is 0.126 e. The molecule has 1 aromatic carbocycles. The average Bonchev–Trinajstić information content (AvgIpc) is 2.71. The molecule has 0 heterocycles. The quantitative estimate of drug-likeness (QED) is 0.639. The highest BCUT2D eigenvalue weighted by atomic mass is 19.1. The molecule has 4 heteroatoms. The van der Waals surface area contributed by atoms with Gasteiger partial charge in [-0.2, -0.15) is 5.26 Å². The molecule has 0 aromatic heterocycles. The van der Waals surface area contributed by atoms with Crippen LogP contribution in [0.2, 0.25) is 0 Å². The molecule has 2 N–H and O–H groups in total. The van der Waals surface area contributed by atoms with Crippen molar-refractivity contribution in [3.05, 3.63) is 29.6 Å². The van der Waals surface area contributed by atoms with Gasteiger partial charge in [-0.1, -0.05) is 25.7 Å². The molecule has 0 bridgehead atoms. The predicted molar refractivity (Wildman–Crippen MR) is 79.1 cm³/mol. The van der Waals surface area contributed by atoms with Crippen molar-refractivity contribution < 1.29 is 4.39 Å². The van der Waals surface area contributed by atoms with Crippen molar-refractivity contribution in [2.45, 2.75) is 44.6 Å². The van der Waals surface area contributed by atoms with E-state index in [0.717, 1.165) is 13.1 Å². The highest BCUT2D eigenvalue weighted by molar-refractivity contribution is 5.49. The molecular formula is C16H22FN3. The van der Waals surface area contributed by atoms with E-state index in [-0.39, 0.29) is 5.82 Å². The van der Waals surface area contributed by atoms with E-state index in [1.54, 1.807) is 6.07 Å². The normalized spacial score (nSPS) is 16.4. The fourth-order valence-corrected chi connectivity index (χ4v) is 2.72. The van der Waals surface area contributed by atoms with Gasteiger partial charge in [0.05, 0.1) is 11.6 Å². The van der Waals surface area contributed by atoms with E-state index < -0.39 is 0 Å². The molecule has 1 aromatic rings. The molecule has 0 aliphatic heterocycles. The van der Waals surface area contributed by atoms with Crippen LogP contribution in [-0.4, -0.2) is 19.1 Å². The smallest absolute Gasteiger partial charge is 0.126 e. The minimum atomic E-state index is -0.372. The van der Waals surface area contributed by atoms with E-state index in [0.29, 0.717) is 17.3 Å². The summed E-state index contributed by atoms with van der Waals surface area (Å²) in [6.45, 7) is 1.61. The zero-order valence-corrected chi connectivity index (χ0v) is 11.8. The van der Waals surface area contributed by atoms with Crippen LogP contribution in [0.1, 0.15) is 44.1 Å². The third-order valence-electron chi connectivity index (χ3n) is 3.77. The van der Waals surface area contributed by atoms with Gasteiger partial charge in [-0.15, -0.1) is 0 Å². The van der Waals surface area contributed by atoms with Gasteiger partial charge in [-0.25, -0.2) is 4.39 Å². The average molecular weight is 275 g/mol. The van der Waals surface area contributed by atoms with Crippen LogP contribution in [0.25, 0.3) is 0 Å². The number of halogens is 1. The molecule has 0 spiro atoms. The lowest BCUT2D eigenvalue weighted by atomic mass is 10.1. The van der Waals surface area contributed by atoms with Crippen LogP contribution >= 0.6 is 0 Å². The van der Waals surface area contributed by atoms with Crippen molar-refractivity contribution in [1.82, 2.24) is 5.32 Å². The number of hydrogen-bond donors (Lipinski definition) is 2. The van der Waals surface area contributed by atoms with Gasteiger partial charge in [0.1, 0.15) is 5.82 Å². The van der Waals surface area contributed by atoms with Crippen molar-refractivity contribution in [2.24, 2.45) is 0 Å². The minimum absolute atomic E-state index is 0.351. The van der Waals surface area contributed by atoms with E-state index in [1.165, 1.54) is 50.7 Å². The van der Waals surface area contributed by atoms with Crippen LogP contribution in [-0.2, 0) is 0 Å². The number of nitriles is 1. The molecule has 20 heavy (non-hydrogen) atoms. The Labute approximate surface area is 120 Å². The van der Waals surface area contributed by atoms with Crippen LogP contribution < -0.4 is 10.6 Å². The van der Waals surface area contributed by atoms with Gasteiger partial charge < -0.3 is 10.6 Å². The van der Waals surface area contributed by atoms with Crippen molar-refractivity contribution in [3.63, 3.8) is 0 Å². The molecule has 108 valence electrons. The molecule has 1 fully saturated rings. The van der Waals surface area contributed by atoms with Crippen LogP contribution in [0.15, 0.2) is 18.2 Å². The summed E-state index contributed by atoms with van der Waals surface area (Å²) in [6, 6.07) is 6.93. The first-order chi connectivity index (χ1) is 9.78. The Bertz CT molecular complexity index is 459. The zero-order chi connectivity index (χ0) is 14.2. The number of rotatable bonds is 5. The van der Waals surface area contributed by atoms with E-state index >= 15 is 0 Å². The Morgan fingerprint density at radius 2 is 1.85 bits per heavy atom. The monoisotopic (exact) mass is 275 g/mol. The topological polar surface area (TPSA) is 47.9 Å². The van der Waals surface area contributed by atoms with E-state index in [1.807, 2.05) is 6.07 Å². The molecule has 0 atom stereocenters. The SMILES string of the molecule is N#Cc1cc(F)cc(NCCNC2CCCCCC2)c1. The van der Waals surface area contributed by atoms with Crippen molar-refractivity contribution in [3.8, 4) is 6.07 Å². The second-order valence-corrected chi connectivity index (χ2v) is 5.41. The summed E-state index contributed by atoms with van der Waals surface area (Å²) < 4.78 is 13.3. The molecule has 1 aliphatic rings. The Morgan fingerprint density at radius 1 is 1.10 bits per heavy atom. The van der Waals surface area contributed by atoms with Crippen LogP contribution in [0.3, 0.4) is 0 Å². The van der Waals surface area contributed by atoms with Crippen LogP contribution in [0.4, 0.5) is 10.1 Å². The summed E-state index contributed by atoms with van der Waals surface area (Å²) in [5.41, 5.74) is 1.02. The van der Waals surface area contributed by atoms with Gasteiger partial charge in [0.2, 0.25) is 0 Å². The predicted octanol–water partition coefficient (Wildman–Crippen LogP) is 3.42. The summed E-state index contributed by atoms with van der Waals surface area (Å²) in [5.74, 6) is -0.372. The second kappa shape index (κ2) is 7.86. The standard InChI is InChI=1S/C16H22FN3/c17-14-9-13(12-18)10-16(11-14)20-8-7-19-15-5-3-1-2-4-6-15/h9-11,15,19-20H,1-8H2. The molecular weight excluding hydrogens is 253 g/mol. The molecule has 3 nitrogen and oxygen atoms in total. The Kier molecular flexibility index (Phi) is 5.82. The number of anilines is 1. The molecule has 0 saturated heterocycles. The summed E-state index contributed by atoms with van der Waals surface area (Å²) >= 11 is 0. The van der Waals surface area contributed by atoms with Crippen LogP contribution in [0.5, 0.6) is 0 Å². The lowest BCUT2D eigenvalue weighted by Gasteiger charge is -2.16. The third kappa shape index (κ3) is 4.82. The van der Waals surface area contributed by atoms with E-state index in [9.17, 15) is 4.39 Å². The minimum Gasteiger partial charge on any atom is -0.384 e. The van der Waals surface area contributed by atoms with Gasteiger partial charge in [-0.05, 0) is 31.0 Å².